The van der Waals surface area contributed by atoms with Gasteiger partial charge in [-0.15, -0.1) is 0 Å². The van der Waals surface area contributed by atoms with Crippen molar-refractivity contribution in [3.05, 3.63) is 16.4 Å². The number of anilines is 2. The maximum Gasteiger partial charge on any atom is 0.353 e. The maximum atomic E-state index is 11.7. The van der Waals surface area contributed by atoms with Crippen molar-refractivity contribution in [2.45, 2.75) is 19.8 Å². The smallest absolute Gasteiger partial charge is 0.351 e. The van der Waals surface area contributed by atoms with Gasteiger partial charge in [-0.05, 0) is 25.8 Å². The lowest BCUT2D eigenvalue weighted by Gasteiger charge is -2.34. The SMILES string of the molecule is CC1CCN(c2ncnc(N3CCN(C)CC3)c2[N+](=O)[O-])CC1. The molecular formula is C15H24N6O2. The van der Waals surface area contributed by atoms with Gasteiger partial charge in [-0.1, -0.05) is 6.92 Å². The van der Waals surface area contributed by atoms with Crippen LogP contribution in [0.4, 0.5) is 17.3 Å². The van der Waals surface area contributed by atoms with Crippen LogP contribution in [-0.2, 0) is 0 Å². The highest BCUT2D eigenvalue weighted by Crippen LogP contribution is 2.36. The number of aromatic nitrogens is 2. The minimum absolute atomic E-state index is 0.0617. The zero-order valence-electron chi connectivity index (χ0n) is 13.8. The van der Waals surface area contributed by atoms with Crippen molar-refractivity contribution < 1.29 is 4.92 Å². The van der Waals surface area contributed by atoms with Crippen LogP contribution in [0.1, 0.15) is 19.8 Å². The molecule has 0 radical (unpaired) electrons. The van der Waals surface area contributed by atoms with Crippen molar-refractivity contribution in [3.63, 3.8) is 0 Å². The summed E-state index contributed by atoms with van der Waals surface area (Å²) in [5.41, 5.74) is 0.0617. The van der Waals surface area contributed by atoms with E-state index in [0.29, 0.717) is 17.6 Å². The number of rotatable bonds is 3. The normalized spacial score (nSPS) is 20.8. The Balaban J connectivity index is 1.91. The summed E-state index contributed by atoms with van der Waals surface area (Å²) in [5, 5.41) is 11.7. The third kappa shape index (κ3) is 3.36. The van der Waals surface area contributed by atoms with Gasteiger partial charge in [-0.25, -0.2) is 9.97 Å². The quantitative estimate of drug-likeness (QED) is 0.615. The van der Waals surface area contributed by atoms with E-state index in [9.17, 15) is 10.1 Å². The van der Waals surface area contributed by atoms with E-state index >= 15 is 0 Å². The Hall–Kier alpha value is -1.96. The molecule has 3 heterocycles. The van der Waals surface area contributed by atoms with E-state index in [1.54, 1.807) is 0 Å². The van der Waals surface area contributed by atoms with Crippen molar-refractivity contribution in [2.75, 3.05) is 56.1 Å². The molecule has 23 heavy (non-hydrogen) atoms. The molecule has 0 unspecified atom stereocenters. The molecule has 8 heteroatoms. The van der Waals surface area contributed by atoms with Gasteiger partial charge in [-0.2, -0.15) is 0 Å². The number of nitrogens with zero attached hydrogens (tertiary/aromatic N) is 6. The van der Waals surface area contributed by atoms with Crippen molar-refractivity contribution in [3.8, 4) is 0 Å². The lowest BCUT2D eigenvalue weighted by atomic mass is 9.99. The minimum atomic E-state index is -0.318. The van der Waals surface area contributed by atoms with Gasteiger partial charge in [0.2, 0.25) is 11.6 Å². The zero-order chi connectivity index (χ0) is 16.4. The van der Waals surface area contributed by atoms with Crippen LogP contribution in [0.15, 0.2) is 6.33 Å². The third-order valence-electron chi connectivity index (χ3n) is 4.85. The molecule has 3 rings (SSSR count). The summed E-state index contributed by atoms with van der Waals surface area (Å²) in [7, 11) is 2.06. The summed E-state index contributed by atoms with van der Waals surface area (Å²) < 4.78 is 0. The molecule has 0 aliphatic carbocycles. The summed E-state index contributed by atoms with van der Waals surface area (Å²) in [6, 6.07) is 0. The van der Waals surface area contributed by atoms with Crippen LogP contribution in [0.2, 0.25) is 0 Å². The Morgan fingerprint density at radius 3 is 2.09 bits per heavy atom. The molecule has 0 bridgehead atoms. The minimum Gasteiger partial charge on any atom is -0.351 e. The molecule has 0 saturated carbocycles. The lowest BCUT2D eigenvalue weighted by Crippen LogP contribution is -2.45. The molecule has 2 saturated heterocycles. The van der Waals surface area contributed by atoms with Crippen LogP contribution in [0.5, 0.6) is 0 Å². The number of hydrogen-bond donors (Lipinski definition) is 0. The average Bonchev–Trinajstić information content (AvgIpc) is 2.55. The van der Waals surface area contributed by atoms with Crippen LogP contribution in [-0.4, -0.2) is 66.1 Å². The first kappa shape index (κ1) is 15.9. The highest BCUT2D eigenvalue weighted by molar-refractivity contribution is 5.71. The Bertz CT molecular complexity index is 525. The van der Waals surface area contributed by atoms with Gasteiger partial charge in [0.05, 0.1) is 4.92 Å². The standard InChI is InChI=1S/C15H24N6O2/c1-12-3-5-19(6-4-12)14-13(21(22)23)15(17-11-16-14)20-9-7-18(2)8-10-20/h11-12H,3-10H2,1-2H3. The van der Waals surface area contributed by atoms with E-state index in [1.165, 1.54) is 6.33 Å². The molecule has 0 N–H and O–H groups in total. The van der Waals surface area contributed by atoms with Crippen molar-refractivity contribution in [1.29, 1.82) is 0 Å². The van der Waals surface area contributed by atoms with Crippen LogP contribution < -0.4 is 9.80 Å². The topological polar surface area (TPSA) is 78.6 Å². The number of piperazine rings is 1. The molecule has 8 nitrogen and oxygen atoms in total. The molecule has 1 aromatic heterocycles. The molecule has 2 aliphatic heterocycles. The molecular weight excluding hydrogens is 296 g/mol. The highest BCUT2D eigenvalue weighted by atomic mass is 16.6. The van der Waals surface area contributed by atoms with E-state index < -0.39 is 0 Å². The molecule has 1 aromatic rings. The van der Waals surface area contributed by atoms with Gasteiger partial charge in [0.25, 0.3) is 0 Å². The fraction of sp³-hybridized carbons (Fsp3) is 0.733. The first-order chi connectivity index (χ1) is 11.1. The van der Waals surface area contributed by atoms with Crippen LogP contribution in [0, 0.1) is 16.0 Å². The summed E-state index contributed by atoms with van der Waals surface area (Å²) in [6.45, 7) is 7.15. The average molecular weight is 320 g/mol. The number of nitro groups is 1. The van der Waals surface area contributed by atoms with E-state index in [0.717, 1.165) is 52.1 Å². The largest absolute Gasteiger partial charge is 0.353 e. The monoisotopic (exact) mass is 320 g/mol. The fourth-order valence-electron chi connectivity index (χ4n) is 3.23. The molecule has 0 spiro atoms. The maximum absolute atomic E-state index is 11.7. The Morgan fingerprint density at radius 1 is 1.04 bits per heavy atom. The second-order valence-corrected chi connectivity index (χ2v) is 6.59. The van der Waals surface area contributed by atoms with Gasteiger partial charge in [0.15, 0.2) is 0 Å². The Labute approximate surface area is 136 Å². The molecule has 2 fully saturated rings. The molecule has 126 valence electrons. The number of hydrogen-bond acceptors (Lipinski definition) is 7. The summed E-state index contributed by atoms with van der Waals surface area (Å²) in [4.78, 5) is 26.2. The predicted octanol–water partition coefficient (Wildman–Crippen LogP) is 1.37. The zero-order valence-corrected chi connectivity index (χ0v) is 13.8. The van der Waals surface area contributed by atoms with Gasteiger partial charge < -0.3 is 14.7 Å². The fourth-order valence-corrected chi connectivity index (χ4v) is 3.23. The Morgan fingerprint density at radius 2 is 1.57 bits per heavy atom. The van der Waals surface area contributed by atoms with E-state index in [-0.39, 0.29) is 10.6 Å². The van der Waals surface area contributed by atoms with Gasteiger partial charge in [-0.3, -0.25) is 10.1 Å². The summed E-state index contributed by atoms with van der Waals surface area (Å²) in [5.74, 6) is 1.61. The number of piperidine rings is 1. The number of likely N-dealkylation sites (N-methyl/N-ethyl adjacent to an activating group) is 1. The molecule has 0 atom stereocenters. The van der Waals surface area contributed by atoms with Gasteiger partial charge in [0, 0.05) is 39.3 Å². The summed E-state index contributed by atoms with van der Waals surface area (Å²) in [6.07, 6.45) is 3.56. The van der Waals surface area contributed by atoms with Crippen LogP contribution in [0.3, 0.4) is 0 Å². The molecule has 2 aliphatic rings. The van der Waals surface area contributed by atoms with Gasteiger partial charge >= 0.3 is 5.69 Å². The third-order valence-corrected chi connectivity index (χ3v) is 4.85. The summed E-state index contributed by atoms with van der Waals surface area (Å²) >= 11 is 0. The van der Waals surface area contributed by atoms with Crippen molar-refractivity contribution in [2.24, 2.45) is 5.92 Å². The second-order valence-electron chi connectivity index (χ2n) is 6.59. The predicted molar refractivity (Wildman–Crippen MR) is 89.0 cm³/mol. The second kappa shape index (κ2) is 6.66. The van der Waals surface area contributed by atoms with E-state index in [4.69, 9.17) is 0 Å². The first-order valence-corrected chi connectivity index (χ1v) is 8.24. The molecule has 0 amide bonds. The van der Waals surface area contributed by atoms with Crippen molar-refractivity contribution >= 4 is 17.3 Å². The highest BCUT2D eigenvalue weighted by Gasteiger charge is 2.32. The van der Waals surface area contributed by atoms with E-state index in [2.05, 4.69) is 28.8 Å². The first-order valence-electron chi connectivity index (χ1n) is 8.24. The van der Waals surface area contributed by atoms with E-state index in [1.807, 2.05) is 9.80 Å². The van der Waals surface area contributed by atoms with Crippen LogP contribution in [0.25, 0.3) is 0 Å². The van der Waals surface area contributed by atoms with Gasteiger partial charge in [0.1, 0.15) is 6.33 Å². The van der Waals surface area contributed by atoms with Crippen LogP contribution >= 0.6 is 0 Å². The Kier molecular flexibility index (Phi) is 4.61. The molecule has 0 aromatic carbocycles. The van der Waals surface area contributed by atoms with Crippen molar-refractivity contribution in [1.82, 2.24) is 14.9 Å². The lowest BCUT2D eigenvalue weighted by molar-refractivity contribution is -0.383.